The van der Waals surface area contributed by atoms with E-state index in [4.69, 9.17) is 0 Å². The van der Waals surface area contributed by atoms with Crippen LogP contribution in [-0.2, 0) is 9.84 Å². The number of sulfone groups is 1. The predicted octanol–water partition coefficient (Wildman–Crippen LogP) is 3.79. The number of hydrogen-bond donors (Lipinski definition) is 1. The second-order valence-corrected chi connectivity index (χ2v) is 8.82. The van der Waals surface area contributed by atoms with Crippen molar-refractivity contribution in [2.24, 2.45) is 0 Å². The number of thioether (sulfide) groups is 1. The SMILES string of the molecule is CS(=O)(=O)c1ccc(N[C@H]2CCSc3c(F)cccc32)c([N+](=O)[O-])c1. The highest BCUT2D eigenvalue weighted by atomic mass is 32.2. The van der Waals surface area contributed by atoms with Crippen molar-refractivity contribution < 1.29 is 17.7 Å². The second-order valence-electron chi connectivity index (χ2n) is 5.70. The molecule has 9 heteroatoms. The molecule has 0 aromatic heterocycles. The van der Waals surface area contributed by atoms with E-state index in [0.29, 0.717) is 17.1 Å². The minimum atomic E-state index is -3.55. The molecule has 0 fully saturated rings. The topological polar surface area (TPSA) is 89.3 Å². The van der Waals surface area contributed by atoms with Crippen LogP contribution in [0.25, 0.3) is 0 Å². The van der Waals surface area contributed by atoms with Crippen LogP contribution >= 0.6 is 11.8 Å². The molecule has 2 aromatic rings. The predicted molar refractivity (Wildman–Crippen MR) is 94.3 cm³/mol. The third kappa shape index (κ3) is 3.62. The van der Waals surface area contributed by atoms with Gasteiger partial charge in [0, 0.05) is 23.0 Å². The van der Waals surface area contributed by atoms with Gasteiger partial charge in [0.05, 0.1) is 15.9 Å². The molecule has 0 unspecified atom stereocenters. The van der Waals surface area contributed by atoms with Crippen LogP contribution in [0.15, 0.2) is 46.2 Å². The molecule has 6 nitrogen and oxygen atoms in total. The highest BCUT2D eigenvalue weighted by molar-refractivity contribution is 7.99. The Bertz CT molecular complexity index is 947. The van der Waals surface area contributed by atoms with Crippen molar-refractivity contribution in [1.82, 2.24) is 0 Å². The summed E-state index contributed by atoms with van der Waals surface area (Å²) in [5.41, 5.74) is 0.640. The number of nitrogens with one attached hydrogen (secondary N) is 1. The lowest BCUT2D eigenvalue weighted by Crippen LogP contribution is -2.17. The molecule has 132 valence electrons. The van der Waals surface area contributed by atoms with Gasteiger partial charge in [-0.3, -0.25) is 10.1 Å². The number of rotatable bonds is 4. The number of halogens is 1. The van der Waals surface area contributed by atoms with Crippen molar-refractivity contribution >= 4 is 33.0 Å². The molecule has 3 rings (SSSR count). The maximum atomic E-state index is 14.0. The van der Waals surface area contributed by atoms with Crippen LogP contribution in [0.1, 0.15) is 18.0 Å². The molecule has 0 aliphatic carbocycles. The molecule has 0 bridgehead atoms. The lowest BCUT2D eigenvalue weighted by molar-refractivity contribution is -0.384. The highest BCUT2D eigenvalue weighted by Gasteiger charge is 2.26. The van der Waals surface area contributed by atoms with Crippen LogP contribution in [0.4, 0.5) is 15.8 Å². The summed E-state index contributed by atoms with van der Waals surface area (Å²) in [5, 5.41) is 14.4. The van der Waals surface area contributed by atoms with Crippen molar-refractivity contribution in [2.45, 2.75) is 22.3 Å². The molecule has 1 aliphatic heterocycles. The van der Waals surface area contributed by atoms with E-state index in [1.165, 1.54) is 30.0 Å². The van der Waals surface area contributed by atoms with Crippen molar-refractivity contribution in [3.63, 3.8) is 0 Å². The van der Waals surface area contributed by atoms with Crippen LogP contribution in [-0.4, -0.2) is 25.3 Å². The summed E-state index contributed by atoms with van der Waals surface area (Å²) in [6.07, 6.45) is 1.67. The number of hydrogen-bond acceptors (Lipinski definition) is 6. The number of benzene rings is 2. The normalized spacial score (nSPS) is 17.0. The third-order valence-electron chi connectivity index (χ3n) is 3.95. The Morgan fingerprint density at radius 1 is 1.32 bits per heavy atom. The van der Waals surface area contributed by atoms with Crippen molar-refractivity contribution in [3.05, 3.63) is 57.9 Å². The zero-order valence-electron chi connectivity index (χ0n) is 13.2. The molecule has 1 aliphatic rings. The maximum absolute atomic E-state index is 14.0. The molecule has 0 amide bonds. The molecule has 0 saturated heterocycles. The molecule has 0 radical (unpaired) electrons. The fraction of sp³-hybridized carbons (Fsp3) is 0.250. The number of anilines is 1. The molecular weight excluding hydrogens is 367 g/mol. The third-order valence-corrected chi connectivity index (χ3v) is 6.22. The van der Waals surface area contributed by atoms with Crippen LogP contribution in [0.5, 0.6) is 0 Å². The van der Waals surface area contributed by atoms with Crippen LogP contribution < -0.4 is 5.32 Å². The summed E-state index contributed by atoms with van der Waals surface area (Å²) in [5.74, 6) is 0.372. The van der Waals surface area contributed by atoms with Crippen LogP contribution in [0, 0.1) is 15.9 Å². The van der Waals surface area contributed by atoms with Crippen LogP contribution in [0.3, 0.4) is 0 Å². The second kappa shape index (κ2) is 6.64. The highest BCUT2D eigenvalue weighted by Crippen LogP contribution is 2.40. The number of nitro benzene ring substituents is 1. The monoisotopic (exact) mass is 382 g/mol. The van der Waals surface area contributed by atoms with Gasteiger partial charge in [-0.05, 0) is 30.2 Å². The summed E-state index contributed by atoms with van der Waals surface area (Å²) < 4.78 is 37.2. The van der Waals surface area contributed by atoms with Gasteiger partial charge in [0.15, 0.2) is 9.84 Å². The molecule has 0 saturated carbocycles. The summed E-state index contributed by atoms with van der Waals surface area (Å²) in [6, 6.07) is 8.26. The average Bonchev–Trinajstić information content (AvgIpc) is 2.55. The minimum absolute atomic E-state index is 0.115. The molecule has 1 heterocycles. The van der Waals surface area contributed by atoms with E-state index in [1.807, 2.05) is 0 Å². The standard InChI is InChI=1S/C16H15FN2O4S2/c1-25(22,23)10-5-6-14(15(9-10)19(20)21)18-13-7-8-24-16-11(13)3-2-4-12(16)17/h2-6,9,13,18H,7-8H2,1H3/t13-/m0/s1. The quantitative estimate of drug-likeness (QED) is 0.639. The molecule has 1 N–H and O–H groups in total. The summed E-state index contributed by atoms with van der Waals surface area (Å²) in [7, 11) is -3.55. The van der Waals surface area contributed by atoms with Gasteiger partial charge >= 0.3 is 0 Å². The molecule has 2 aromatic carbocycles. The number of nitrogens with zero attached hydrogens (tertiary/aromatic N) is 1. The van der Waals surface area contributed by atoms with Gasteiger partial charge in [0.25, 0.3) is 5.69 Å². The van der Waals surface area contributed by atoms with Gasteiger partial charge in [-0.25, -0.2) is 12.8 Å². The molecule has 1 atom stereocenters. The Morgan fingerprint density at radius 2 is 2.08 bits per heavy atom. The van der Waals surface area contributed by atoms with Gasteiger partial charge in [-0.1, -0.05) is 12.1 Å². The van der Waals surface area contributed by atoms with Crippen molar-refractivity contribution in [3.8, 4) is 0 Å². The van der Waals surface area contributed by atoms with E-state index < -0.39 is 14.8 Å². The van der Waals surface area contributed by atoms with E-state index >= 15 is 0 Å². The van der Waals surface area contributed by atoms with E-state index in [1.54, 1.807) is 12.1 Å². The number of fused-ring (bicyclic) bond motifs is 1. The zero-order chi connectivity index (χ0) is 18.2. The van der Waals surface area contributed by atoms with Gasteiger partial charge in [0.1, 0.15) is 11.5 Å². The Kier molecular flexibility index (Phi) is 4.70. The Balaban J connectivity index is 2.00. The van der Waals surface area contributed by atoms with Gasteiger partial charge in [-0.2, -0.15) is 0 Å². The van der Waals surface area contributed by atoms with Crippen molar-refractivity contribution in [1.29, 1.82) is 0 Å². The lowest BCUT2D eigenvalue weighted by atomic mass is 10.0. The molecule has 25 heavy (non-hydrogen) atoms. The Labute approximate surface area is 148 Å². The maximum Gasteiger partial charge on any atom is 0.293 e. The largest absolute Gasteiger partial charge is 0.373 e. The van der Waals surface area contributed by atoms with E-state index in [-0.39, 0.29) is 28.1 Å². The molecular formula is C16H15FN2O4S2. The Hall–Kier alpha value is -2.13. The van der Waals surface area contributed by atoms with Crippen molar-refractivity contribution in [2.75, 3.05) is 17.3 Å². The first-order chi connectivity index (χ1) is 11.8. The van der Waals surface area contributed by atoms with E-state index in [9.17, 15) is 22.9 Å². The first-order valence-electron chi connectivity index (χ1n) is 7.43. The lowest BCUT2D eigenvalue weighted by Gasteiger charge is -2.27. The summed E-state index contributed by atoms with van der Waals surface area (Å²) >= 11 is 1.42. The van der Waals surface area contributed by atoms with Gasteiger partial charge in [-0.15, -0.1) is 11.8 Å². The number of nitro groups is 1. The summed E-state index contributed by atoms with van der Waals surface area (Å²) in [4.78, 5) is 11.2. The first-order valence-corrected chi connectivity index (χ1v) is 10.3. The fourth-order valence-corrected chi connectivity index (χ4v) is 4.52. The smallest absolute Gasteiger partial charge is 0.293 e. The molecule has 0 spiro atoms. The van der Waals surface area contributed by atoms with E-state index in [2.05, 4.69) is 5.32 Å². The minimum Gasteiger partial charge on any atom is -0.373 e. The van der Waals surface area contributed by atoms with Gasteiger partial charge < -0.3 is 5.32 Å². The fourth-order valence-electron chi connectivity index (χ4n) is 2.74. The van der Waals surface area contributed by atoms with Crippen LogP contribution in [0.2, 0.25) is 0 Å². The van der Waals surface area contributed by atoms with Gasteiger partial charge in [0.2, 0.25) is 0 Å². The van der Waals surface area contributed by atoms with E-state index in [0.717, 1.165) is 17.9 Å². The Morgan fingerprint density at radius 3 is 2.76 bits per heavy atom. The summed E-state index contributed by atoms with van der Waals surface area (Å²) in [6.45, 7) is 0. The zero-order valence-corrected chi connectivity index (χ0v) is 14.9. The average molecular weight is 382 g/mol. The first kappa shape index (κ1) is 17.7.